The minimum absolute atomic E-state index is 0.263. The van der Waals surface area contributed by atoms with E-state index in [1.165, 1.54) is 6.07 Å². The molecule has 0 radical (unpaired) electrons. The maximum absolute atomic E-state index is 13.9. The Kier molecular flexibility index (Phi) is 8.22. The fourth-order valence-electron chi connectivity index (χ4n) is 2.34. The second-order valence-electron chi connectivity index (χ2n) is 5.57. The van der Waals surface area contributed by atoms with Crippen LogP contribution in [0.2, 0.25) is 0 Å². The normalized spacial score (nSPS) is 11.0. The first-order valence-corrected chi connectivity index (χ1v) is 8.78. The van der Waals surface area contributed by atoms with E-state index in [4.69, 9.17) is 14.2 Å². The molecule has 0 aliphatic carbocycles. The molecule has 0 bridgehead atoms. The molecule has 0 aromatic heterocycles. The van der Waals surface area contributed by atoms with Gasteiger partial charge in [0.1, 0.15) is 18.1 Å². The van der Waals surface area contributed by atoms with Crippen LogP contribution in [-0.4, -0.2) is 39.9 Å². The van der Waals surface area contributed by atoms with Crippen LogP contribution in [0.3, 0.4) is 0 Å². The molecule has 27 heavy (non-hydrogen) atoms. The Hall–Kier alpha value is -2.96. The molecule has 0 aliphatic heterocycles. The van der Waals surface area contributed by atoms with Crippen molar-refractivity contribution >= 4 is 5.96 Å². The molecule has 146 valence electrons. The minimum atomic E-state index is -0.369. The van der Waals surface area contributed by atoms with Crippen LogP contribution in [-0.2, 0) is 6.54 Å². The molecule has 0 spiro atoms. The van der Waals surface area contributed by atoms with Gasteiger partial charge in [0.05, 0.1) is 20.3 Å². The van der Waals surface area contributed by atoms with E-state index in [1.807, 2.05) is 37.3 Å². The summed E-state index contributed by atoms with van der Waals surface area (Å²) < 4.78 is 29.8. The van der Waals surface area contributed by atoms with Crippen molar-refractivity contribution in [1.29, 1.82) is 0 Å². The Labute approximate surface area is 159 Å². The summed E-state index contributed by atoms with van der Waals surface area (Å²) in [5.74, 6) is 2.07. The van der Waals surface area contributed by atoms with Crippen LogP contribution in [0.15, 0.2) is 47.5 Å². The molecule has 0 fully saturated rings. The van der Waals surface area contributed by atoms with E-state index in [0.717, 1.165) is 17.1 Å². The topological polar surface area (TPSA) is 64.1 Å². The maximum atomic E-state index is 13.9. The van der Waals surface area contributed by atoms with Crippen LogP contribution < -0.4 is 24.8 Å². The lowest BCUT2D eigenvalue weighted by molar-refractivity contribution is 0.320. The van der Waals surface area contributed by atoms with Crippen LogP contribution in [0.5, 0.6) is 17.2 Å². The van der Waals surface area contributed by atoms with E-state index in [-0.39, 0.29) is 11.6 Å². The summed E-state index contributed by atoms with van der Waals surface area (Å²) in [6.07, 6.45) is 0. The minimum Gasteiger partial charge on any atom is -0.497 e. The van der Waals surface area contributed by atoms with Crippen molar-refractivity contribution in [3.63, 3.8) is 0 Å². The van der Waals surface area contributed by atoms with Gasteiger partial charge >= 0.3 is 0 Å². The quantitative estimate of drug-likeness (QED) is 0.401. The van der Waals surface area contributed by atoms with Gasteiger partial charge in [-0.2, -0.15) is 0 Å². The van der Waals surface area contributed by atoms with Gasteiger partial charge in [-0.15, -0.1) is 0 Å². The predicted octanol–water partition coefficient (Wildman–Crippen LogP) is 2.98. The summed E-state index contributed by atoms with van der Waals surface area (Å²) in [6.45, 7) is 3.75. The fourth-order valence-corrected chi connectivity index (χ4v) is 2.34. The van der Waals surface area contributed by atoms with E-state index in [2.05, 4.69) is 15.6 Å². The van der Waals surface area contributed by atoms with Gasteiger partial charge in [-0.3, -0.25) is 4.99 Å². The first kappa shape index (κ1) is 20.4. The van der Waals surface area contributed by atoms with Crippen LogP contribution in [0.4, 0.5) is 4.39 Å². The van der Waals surface area contributed by atoms with Crippen LogP contribution in [0.1, 0.15) is 12.5 Å². The molecule has 0 amide bonds. The molecule has 0 saturated heterocycles. The monoisotopic (exact) mass is 375 g/mol. The highest BCUT2D eigenvalue weighted by molar-refractivity contribution is 5.79. The summed E-state index contributed by atoms with van der Waals surface area (Å²) in [4.78, 5) is 4.14. The zero-order valence-corrected chi connectivity index (χ0v) is 15.9. The molecule has 2 aromatic carbocycles. The maximum Gasteiger partial charge on any atom is 0.191 e. The van der Waals surface area contributed by atoms with Gasteiger partial charge in [-0.25, -0.2) is 4.39 Å². The molecule has 6 nitrogen and oxygen atoms in total. The zero-order valence-electron chi connectivity index (χ0n) is 15.9. The molecule has 2 N–H and O–H groups in total. The molecule has 0 heterocycles. The van der Waals surface area contributed by atoms with Crippen molar-refractivity contribution in [1.82, 2.24) is 10.6 Å². The van der Waals surface area contributed by atoms with Gasteiger partial charge < -0.3 is 24.8 Å². The smallest absolute Gasteiger partial charge is 0.191 e. The molecule has 2 aromatic rings. The number of benzene rings is 2. The molecule has 7 heteroatoms. The van der Waals surface area contributed by atoms with Crippen molar-refractivity contribution in [3.05, 3.63) is 53.8 Å². The number of ether oxygens (including phenoxy) is 3. The summed E-state index contributed by atoms with van der Waals surface area (Å²) in [7, 11) is 3.30. The fraction of sp³-hybridized carbons (Fsp3) is 0.350. The van der Waals surface area contributed by atoms with E-state index in [1.54, 1.807) is 20.2 Å². The van der Waals surface area contributed by atoms with Crippen LogP contribution in [0, 0.1) is 5.82 Å². The van der Waals surface area contributed by atoms with Gasteiger partial charge in [0.25, 0.3) is 0 Å². The number of rotatable bonds is 9. The summed E-state index contributed by atoms with van der Waals surface area (Å²) in [5.41, 5.74) is 0.799. The second-order valence-corrected chi connectivity index (χ2v) is 5.57. The van der Waals surface area contributed by atoms with Gasteiger partial charge in [-0.1, -0.05) is 6.07 Å². The SMILES string of the molecule is CCOc1ccc(CNC(=NC)NCCOc2ccc(OC)cc2)cc1F. The lowest BCUT2D eigenvalue weighted by Crippen LogP contribution is -2.38. The second kappa shape index (κ2) is 10.9. The largest absolute Gasteiger partial charge is 0.497 e. The van der Waals surface area contributed by atoms with Crippen molar-refractivity contribution in [2.75, 3.05) is 33.9 Å². The number of nitrogens with one attached hydrogen (secondary N) is 2. The molecule has 0 unspecified atom stereocenters. The van der Waals surface area contributed by atoms with E-state index >= 15 is 0 Å². The Balaban J connectivity index is 1.73. The van der Waals surface area contributed by atoms with Gasteiger partial charge in [0, 0.05) is 13.6 Å². The summed E-state index contributed by atoms with van der Waals surface area (Å²) in [5, 5.41) is 6.29. The summed E-state index contributed by atoms with van der Waals surface area (Å²) in [6, 6.07) is 12.3. The highest BCUT2D eigenvalue weighted by Gasteiger charge is 2.05. The Morgan fingerprint density at radius 3 is 2.41 bits per heavy atom. The summed E-state index contributed by atoms with van der Waals surface area (Å²) >= 11 is 0. The molecule has 0 atom stereocenters. The Morgan fingerprint density at radius 2 is 1.78 bits per heavy atom. The lowest BCUT2D eigenvalue weighted by atomic mass is 10.2. The van der Waals surface area contributed by atoms with Crippen molar-refractivity contribution < 1.29 is 18.6 Å². The predicted molar refractivity (Wildman–Crippen MR) is 104 cm³/mol. The van der Waals surface area contributed by atoms with E-state index < -0.39 is 0 Å². The average molecular weight is 375 g/mol. The molecule has 0 saturated carbocycles. The number of hydrogen-bond donors (Lipinski definition) is 2. The Morgan fingerprint density at radius 1 is 1.04 bits per heavy atom. The average Bonchev–Trinajstić information content (AvgIpc) is 2.70. The van der Waals surface area contributed by atoms with Gasteiger partial charge in [0.15, 0.2) is 17.5 Å². The van der Waals surface area contributed by atoms with E-state index in [0.29, 0.717) is 32.3 Å². The van der Waals surface area contributed by atoms with Gasteiger partial charge in [0.2, 0.25) is 0 Å². The number of methoxy groups -OCH3 is 1. The third kappa shape index (κ3) is 6.69. The number of guanidine groups is 1. The number of aliphatic imine (C=N–C) groups is 1. The van der Waals surface area contributed by atoms with Crippen LogP contribution >= 0.6 is 0 Å². The standard InChI is InChI=1S/C20H26FN3O3/c1-4-26-19-10-5-15(13-18(19)21)14-24-20(22-2)23-11-12-27-17-8-6-16(25-3)7-9-17/h5-10,13H,4,11-12,14H2,1-3H3,(H2,22,23,24). The first-order valence-electron chi connectivity index (χ1n) is 8.78. The lowest BCUT2D eigenvalue weighted by Gasteiger charge is -2.13. The van der Waals surface area contributed by atoms with Gasteiger partial charge in [-0.05, 0) is 48.9 Å². The van der Waals surface area contributed by atoms with E-state index in [9.17, 15) is 4.39 Å². The molecule has 0 aliphatic rings. The first-order chi connectivity index (χ1) is 13.2. The highest BCUT2D eigenvalue weighted by atomic mass is 19.1. The van der Waals surface area contributed by atoms with Crippen LogP contribution in [0.25, 0.3) is 0 Å². The highest BCUT2D eigenvalue weighted by Crippen LogP contribution is 2.18. The number of nitrogens with zero attached hydrogens (tertiary/aromatic N) is 1. The van der Waals surface area contributed by atoms with Crippen molar-refractivity contribution in [2.45, 2.75) is 13.5 Å². The number of hydrogen-bond acceptors (Lipinski definition) is 4. The number of halogens is 1. The molecule has 2 rings (SSSR count). The zero-order chi connectivity index (χ0) is 19.5. The van der Waals surface area contributed by atoms with Crippen molar-refractivity contribution in [3.8, 4) is 17.2 Å². The third-order valence-electron chi connectivity index (χ3n) is 3.70. The molecular weight excluding hydrogens is 349 g/mol. The van der Waals surface area contributed by atoms with Crippen molar-refractivity contribution in [2.24, 2.45) is 4.99 Å². The molecular formula is C20H26FN3O3. The third-order valence-corrected chi connectivity index (χ3v) is 3.70. The Bertz CT molecular complexity index is 736.